The molecule has 2 aromatic carbocycles. The predicted octanol–water partition coefficient (Wildman–Crippen LogP) is 3.00. The standard InChI is InChI=1S/C29H32FN7O2/c1-19-25(16-21-7-4-3-5-8-21)28(37-29(33-19)31-18-32-37)36-13-11-24(12-14-36)35-27(39)26(34-20(2)38)17-22-9-6-10-23(30)15-22/h3-10,15,18,24,26H,11-14,16-17H2,1-2H3,(H,34,38)(H,35,39)/t26-/m0/s1. The number of nitrogens with zero attached hydrogens (tertiary/aromatic N) is 5. The molecule has 1 fully saturated rings. The number of piperidine rings is 1. The molecule has 4 aromatic rings. The van der Waals surface area contributed by atoms with E-state index >= 15 is 0 Å². The molecule has 0 spiro atoms. The molecule has 0 bridgehead atoms. The fraction of sp³-hybridized carbons (Fsp3) is 0.345. The molecule has 3 heterocycles. The highest BCUT2D eigenvalue weighted by Crippen LogP contribution is 2.28. The van der Waals surface area contributed by atoms with Crippen LogP contribution < -0.4 is 15.5 Å². The highest BCUT2D eigenvalue weighted by molar-refractivity contribution is 5.87. The molecular weight excluding hydrogens is 497 g/mol. The summed E-state index contributed by atoms with van der Waals surface area (Å²) >= 11 is 0. The summed E-state index contributed by atoms with van der Waals surface area (Å²) in [4.78, 5) is 36.2. The summed E-state index contributed by atoms with van der Waals surface area (Å²) in [6.07, 6.45) is 3.90. The lowest BCUT2D eigenvalue weighted by molar-refractivity contribution is -0.128. The normalized spacial score (nSPS) is 14.8. The molecule has 10 heteroatoms. The summed E-state index contributed by atoms with van der Waals surface area (Å²) < 4.78 is 15.5. The molecule has 1 aliphatic rings. The molecular formula is C29H32FN7O2. The summed E-state index contributed by atoms with van der Waals surface area (Å²) in [7, 11) is 0. The van der Waals surface area contributed by atoms with Crippen molar-refractivity contribution in [3.8, 4) is 0 Å². The lowest BCUT2D eigenvalue weighted by atomic mass is 10.00. The number of nitrogens with one attached hydrogen (secondary N) is 2. The van der Waals surface area contributed by atoms with Crippen molar-refractivity contribution in [2.24, 2.45) is 0 Å². The zero-order valence-corrected chi connectivity index (χ0v) is 22.1. The zero-order chi connectivity index (χ0) is 27.4. The van der Waals surface area contributed by atoms with Crippen molar-refractivity contribution in [3.63, 3.8) is 0 Å². The minimum absolute atomic E-state index is 0.0516. The number of rotatable bonds is 8. The second-order valence-corrected chi connectivity index (χ2v) is 9.99. The number of amides is 2. The third kappa shape index (κ3) is 6.22. The molecule has 1 aliphatic heterocycles. The molecule has 1 saturated heterocycles. The van der Waals surface area contributed by atoms with Crippen LogP contribution in [0.25, 0.3) is 5.78 Å². The second kappa shape index (κ2) is 11.6. The van der Waals surface area contributed by atoms with Gasteiger partial charge >= 0.3 is 0 Å². The fourth-order valence-electron chi connectivity index (χ4n) is 5.19. The Kier molecular flexibility index (Phi) is 7.81. The Morgan fingerprint density at radius 1 is 1.08 bits per heavy atom. The summed E-state index contributed by atoms with van der Waals surface area (Å²) in [6.45, 7) is 4.79. The first kappa shape index (κ1) is 26.3. The van der Waals surface area contributed by atoms with Gasteiger partial charge in [0, 0.05) is 50.2 Å². The van der Waals surface area contributed by atoms with Gasteiger partial charge in [0.25, 0.3) is 5.78 Å². The number of aromatic nitrogens is 4. The van der Waals surface area contributed by atoms with Crippen LogP contribution in [-0.2, 0) is 22.4 Å². The third-order valence-electron chi connectivity index (χ3n) is 7.09. The topological polar surface area (TPSA) is 105 Å². The molecule has 0 unspecified atom stereocenters. The fourth-order valence-corrected chi connectivity index (χ4v) is 5.19. The SMILES string of the molecule is CC(=O)N[C@@H](Cc1cccc(F)c1)C(=O)NC1CCN(c2c(Cc3ccccc3)c(C)nc3ncnn23)CC1. The Morgan fingerprint density at radius 3 is 2.54 bits per heavy atom. The Hall–Kier alpha value is -4.34. The minimum Gasteiger partial charge on any atom is -0.356 e. The van der Waals surface area contributed by atoms with Gasteiger partial charge in [-0.15, -0.1) is 0 Å². The van der Waals surface area contributed by atoms with E-state index in [0.717, 1.165) is 36.3 Å². The van der Waals surface area contributed by atoms with E-state index in [0.29, 0.717) is 24.4 Å². The maximum Gasteiger partial charge on any atom is 0.254 e. The number of anilines is 1. The number of benzene rings is 2. The Morgan fingerprint density at radius 2 is 1.82 bits per heavy atom. The van der Waals surface area contributed by atoms with Gasteiger partial charge in [0.15, 0.2) is 0 Å². The molecule has 0 saturated carbocycles. The van der Waals surface area contributed by atoms with E-state index in [1.54, 1.807) is 16.6 Å². The maximum absolute atomic E-state index is 13.7. The number of carbonyl (C=O) groups excluding carboxylic acids is 2. The predicted molar refractivity (Wildman–Crippen MR) is 146 cm³/mol. The molecule has 39 heavy (non-hydrogen) atoms. The van der Waals surface area contributed by atoms with Crippen LogP contribution in [0.2, 0.25) is 0 Å². The quantitative estimate of drug-likeness (QED) is 0.364. The molecule has 2 aromatic heterocycles. The highest BCUT2D eigenvalue weighted by Gasteiger charge is 2.28. The minimum atomic E-state index is -0.780. The molecule has 1 atom stereocenters. The van der Waals surface area contributed by atoms with Gasteiger partial charge in [-0.25, -0.2) is 9.37 Å². The van der Waals surface area contributed by atoms with E-state index in [1.807, 2.05) is 25.1 Å². The van der Waals surface area contributed by atoms with Crippen LogP contribution >= 0.6 is 0 Å². The van der Waals surface area contributed by atoms with Gasteiger partial charge in [-0.1, -0.05) is 42.5 Å². The van der Waals surface area contributed by atoms with Gasteiger partial charge < -0.3 is 15.5 Å². The monoisotopic (exact) mass is 529 g/mol. The van der Waals surface area contributed by atoms with Crippen molar-refractivity contribution in [3.05, 3.63) is 89.1 Å². The molecule has 0 radical (unpaired) electrons. The van der Waals surface area contributed by atoms with Gasteiger partial charge in [0.1, 0.15) is 24.0 Å². The number of aryl methyl sites for hydroxylation is 1. The van der Waals surface area contributed by atoms with Crippen molar-refractivity contribution < 1.29 is 14.0 Å². The van der Waals surface area contributed by atoms with Crippen molar-refractivity contribution in [1.29, 1.82) is 0 Å². The lowest BCUT2D eigenvalue weighted by Crippen LogP contribution is -2.52. The molecule has 2 N–H and O–H groups in total. The van der Waals surface area contributed by atoms with Gasteiger partial charge in [-0.2, -0.15) is 14.6 Å². The van der Waals surface area contributed by atoms with E-state index in [9.17, 15) is 14.0 Å². The first-order chi connectivity index (χ1) is 18.9. The van der Waals surface area contributed by atoms with Crippen molar-refractivity contribution in [2.45, 2.75) is 51.6 Å². The van der Waals surface area contributed by atoms with E-state index < -0.39 is 6.04 Å². The molecule has 202 valence electrons. The van der Waals surface area contributed by atoms with Crippen molar-refractivity contribution in [2.75, 3.05) is 18.0 Å². The van der Waals surface area contributed by atoms with Gasteiger partial charge in [0.2, 0.25) is 11.8 Å². The van der Waals surface area contributed by atoms with Crippen molar-refractivity contribution >= 4 is 23.4 Å². The van der Waals surface area contributed by atoms with E-state index in [1.165, 1.54) is 30.9 Å². The highest BCUT2D eigenvalue weighted by atomic mass is 19.1. The van der Waals surface area contributed by atoms with Gasteiger partial charge in [-0.3, -0.25) is 9.59 Å². The van der Waals surface area contributed by atoms with E-state index in [-0.39, 0.29) is 30.1 Å². The Balaban J connectivity index is 1.30. The van der Waals surface area contributed by atoms with Gasteiger partial charge in [0.05, 0.1) is 0 Å². The summed E-state index contributed by atoms with van der Waals surface area (Å²) in [5, 5.41) is 10.3. The first-order valence-electron chi connectivity index (χ1n) is 13.2. The Bertz CT molecular complexity index is 1470. The second-order valence-electron chi connectivity index (χ2n) is 9.99. The molecule has 5 rings (SSSR count). The molecule has 9 nitrogen and oxygen atoms in total. The van der Waals surface area contributed by atoms with Crippen LogP contribution in [0.4, 0.5) is 10.2 Å². The van der Waals surface area contributed by atoms with E-state index in [2.05, 4.69) is 42.7 Å². The summed E-state index contributed by atoms with van der Waals surface area (Å²) in [5.41, 5.74) is 3.85. The zero-order valence-electron chi connectivity index (χ0n) is 22.1. The molecule has 2 amide bonds. The van der Waals surface area contributed by atoms with Gasteiger partial charge in [-0.05, 0) is 43.0 Å². The van der Waals surface area contributed by atoms with Crippen LogP contribution in [0.1, 0.15) is 42.1 Å². The summed E-state index contributed by atoms with van der Waals surface area (Å²) in [5.74, 6) is 0.589. The number of hydrogen-bond acceptors (Lipinski definition) is 6. The average Bonchev–Trinajstić information content (AvgIpc) is 3.37. The first-order valence-corrected chi connectivity index (χ1v) is 13.2. The van der Waals surface area contributed by atoms with Crippen LogP contribution in [0.15, 0.2) is 60.9 Å². The van der Waals surface area contributed by atoms with Crippen LogP contribution in [0.5, 0.6) is 0 Å². The average molecular weight is 530 g/mol. The number of fused-ring (bicyclic) bond motifs is 1. The lowest BCUT2D eigenvalue weighted by Gasteiger charge is -2.35. The maximum atomic E-state index is 13.7. The van der Waals surface area contributed by atoms with Crippen molar-refractivity contribution in [1.82, 2.24) is 30.2 Å². The number of carbonyl (C=O) groups is 2. The summed E-state index contributed by atoms with van der Waals surface area (Å²) in [6, 6.07) is 15.5. The van der Waals surface area contributed by atoms with E-state index in [4.69, 9.17) is 0 Å². The van der Waals surface area contributed by atoms with Crippen LogP contribution in [0.3, 0.4) is 0 Å². The largest absolute Gasteiger partial charge is 0.356 e. The molecule has 0 aliphatic carbocycles. The van der Waals surface area contributed by atoms with Crippen LogP contribution in [0, 0.1) is 12.7 Å². The third-order valence-corrected chi connectivity index (χ3v) is 7.09. The number of hydrogen-bond donors (Lipinski definition) is 2. The smallest absolute Gasteiger partial charge is 0.254 e. The number of halogens is 1. The van der Waals surface area contributed by atoms with Crippen LogP contribution in [-0.4, -0.2) is 56.6 Å². The Labute approximate surface area is 226 Å².